The first-order valence-corrected chi connectivity index (χ1v) is 7.28. The van der Waals surface area contributed by atoms with Crippen molar-refractivity contribution >= 4 is 5.91 Å². The lowest BCUT2D eigenvalue weighted by Crippen LogP contribution is -2.41. The smallest absolute Gasteiger partial charge is 0.233 e. The fourth-order valence-corrected chi connectivity index (χ4v) is 1.96. The molecule has 0 rings (SSSR count). The number of hydrogen-bond acceptors (Lipinski definition) is 3. The molecule has 0 spiro atoms. The Morgan fingerprint density at radius 2 is 1.61 bits per heavy atom. The van der Waals surface area contributed by atoms with Crippen molar-refractivity contribution in [1.82, 2.24) is 5.01 Å². The van der Waals surface area contributed by atoms with E-state index in [9.17, 15) is 9.90 Å². The van der Waals surface area contributed by atoms with Crippen LogP contribution in [-0.4, -0.2) is 28.7 Å². The second-order valence-electron chi connectivity index (χ2n) is 5.09. The maximum Gasteiger partial charge on any atom is 0.233 e. The van der Waals surface area contributed by atoms with Crippen molar-refractivity contribution in [2.45, 2.75) is 77.7 Å². The van der Waals surface area contributed by atoms with Crippen LogP contribution in [-0.2, 0) is 4.79 Å². The van der Waals surface area contributed by atoms with Crippen LogP contribution in [0.15, 0.2) is 0 Å². The third-order valence-corrected chi connectivity index (χ3v) is 3.20. The van der Waals surface area contributed by atoms with Gasteiger partial charge in [-0.3, -0.25) is 9.80 Å². The average Bonchev–Trinajstić information content (AvgIpc) is 2.32. The Bertz CT molecular complexity index is 210. The number of hydrazine groups is 1. The molecule has 1 unspecified atom stereocenters. The van der Waals surface area contributed by atoms with Gasteiger partial charge in [0.05, 0.1) is 12.6 Å². The molecule has 0 aliphatic rings. The lowest BCUT2D eigenvalue weighted by atomic mass is 10.1. The van der Waals surface area contributed by atoms with Gasteiger partial charge in [-0.2, -0.15) is 0 Å². The summed E-state index contributed by atoms with van der Waals surface area (Å²) < 4.78 is 0. The predicted octanol–water partition coefficient (Wildman–Crippen LogP) is 2.60. The fraction of sp³-hybridized carbons (Fsp3) is 0.929. The number of rotatable bonds is 11. The van der Waals surface area contributed by atoms with Crippen molar-refractivity contribution in [3.63, 3.8) is 0 Å². The number of nitrogens with zero attached hydrogens (tertiary/aromatic N) is 1. The molecule has 0 aliphatic carbocycles. The number of nitrogens with two attached hydrogens (primary N) is 1. The van der Waals surface area contributed by atoms with Crippen molar-refractivity contribution in [3.05, 3.63) is 0 Å². The van der Waals surface area contributed by atoms with Gasteiger partial charge < -0.3 is 5.11 Å². The minimum absolute atomic E-state index is 0.204. The highest BCUT2D eigenvalue weighted by Gasteiger charge is 2.10. The summed E-state index contributed by atoms with van der Waals surface area (Å²) in [7, 11) is 0. The number of carbonyl (C=O) groups excluding carboxylic acids is 1. The van der Waals surface area contributed by atoms with Crippen LogP contribution >= 0.6 is 0 Å². The Morgan fingerprint density at radius 3 is 2.11 bits per heavy atom. The Labute approximate surface area is 112 Å². The average molecular weight is 258 g/mol. The molecule has 4 nitrogen and oxygen atoms in total. The maximum atomic E-state index is 10.9. The maximum absolute atomic E-state index is 10.9. The molecule has 3 N–H and O–H groups in total. The molecule has 0 heterocycles. The zero-order valence-electron chi connectivity index (χ0n) is 12.0. The monoisotopic (exact) mass is 258 g/mol. The first kappa shape index (κ1) is 17.4. The fourth-order valence-electron chi connectivity index (χ4n) is 1.96. The van der Waals surface area contributed by atoms with Crippen molar-refractivity contribution in [3.8, 4) is 0 Å². The minimum Gasteiger partial charge on any atom is -0.391 e. The molecule has 0 aliphatic heterocycles. The summed E-state index contributed by atoms with van der Waals surface area (Å²) in [5.74, 6) is 5.24. The number of aliphatic hydroxyl groups is 1. The Morgan fingerprint density at radius 1 is 1.11 bits per heavy atom. The van der Waals surface area contributed by atoms with E-state index in [0.29, 0.717) is 0 Å². The molecular weight excluding hydrogens is 228 g/mol. The lowest BCUT2D eigenvalue weighted by Gasteiger charge is -2.18. The highest BCUT2D eigenvalue weighted by atomic mass is 16.3. The highest BCUT2D eigenvalue weighted by molar-refractivity contribution is 5.72. The largest absolute Gasteiger partial charge is 0.391 e. The van der Waals surface area contributed by atoms with Crippen molar-refractivity contribution in [1.29, 1.82) is 0 Å². The van der Waals surface area contributed by atoms with Crippen LogP contribution in [0, 0.1) is 0 Å². The van der Waals surface area contributed by atoms with Crippen LogP contribution in [0.3, 0.4) is 0 Å². The van der Waals surface area contributed by atoms with E-state index >= 15 is 0 Å². The summed E-state index contributed by atoms with van der Waals surface area (Å²) in [6.45, 7) is 3.87. The standard InChI is InChI=1S/C14H30N2O2/c1-3-4-5-6-7-8-9-10-11-14(18)12-16(15)13(2)17/h14,18H,3-12,15H2,1-2H3. The first-order valence-electron chi connectivity index (χ1n) is 7.28. The first-order chi connectivity index (χ1) is 8.57. The van der Waals surface area contributed by atoms with E-state index < -0.39 is 6.10 Å². The topological polar surface area (TPSA) is 66.6 Å². The van der Waals surface area contributed by atoms with E-state index in [1.165, 1.54) is 45.4 Å². The predicted molar refractivity (Wildman–Crippen MR) is 74.8 cm³/mol. The molecule has 0 saturated carbocycles. The summed E-state index contributed by atoms with van der Waals surface area (Å²) in [4.78, 5) is 10.9. The van der Waals surface area contributed by atoms with Crippen molar-refractivity contribution in [2.24, 2.45) is 5.84 Å². The zero-order chi connectivity index (χ0) is 13.8. The molecule has 0 aromatic carbocycles. The van der Waals surface area contributed by atoms with Gasteiger partial charge in [0.15, 0.2) is 0 Å². The van der Waals surface area contributed by atoms with Gasteiger partial charge in [-0.05, 0) is 6.42 Å². The van der Waals surface area contributed by atoms with Crippen LogP contribution in [0.1, 0.15) is 71.6 Å². The molecule has 0 aromatic heterocycles. The highest BCUT2D eigenvalue weighted by Crippen LogP contribution is 2.10. The summed E-state index contributed by atoms with van der Waals surface area (Å²) in [5, 5.41) is 10.7. The molecule has 1 amide bonds. The number of amides is 1. The van der Waals surface area contributed by atoms with Gasteiger partial charge in [0.2, 0.25) is 5.91 Å². The van der Waals surface area contributed by atoms with Crippen LogP contribution in [0.2, 0.25) is 0 Å². The van der Waals surface area contributed by atoms with E-state index in [1.807, 2.05) is 0 Å². The van der Waals surface area contributed by atoms with E-state index in [0.717, 1.165) is 24.3 Å². The zero-order valence-corrected chi connectivity index (χ0v) is 12.0. The number of carbonyl (C=O) groups is 1. The summed E-state index contributed by atoms with van der Waals surface area (Å²) in [6.07, 6.45) is 10.3. The lowest BCUT2D eigenvalue weighted by molar-refractivity contribution is -0.130. The van der Waals surface area contributed by atoms with E-state index in [1.54, 1.807) is 0 Å². The second kappa shape index (κ2) is 11.5. The number of aliphatic hydroxyl groups excluding tert-OH is 1. The van der Waals surface area contributed by atoms with Gasteiger partial charge >= 0.3 is 0 Å². The molecule has 1 atom stereocenters. The summed E-state index contributed by atoms with van der Waals surface area (Å²) >= 11 is 0. The van der Waals surface area contributed by atoms with Gasteiger partial charge in [-0.1, -0.05) is 58.3 Å². The van der Waals surface area contributed by atoms with Crippen molar-refractivity contribution < 1.29 is 9.90 Å². The number of hydrogen-bond donors (Lipinski definition) is 2. The van der Waals surface area contributed by atoms with Crippen LogP contribution in [0.25, 0.3) is 0 Å². The van der Waals surface area contributed by atoms with Gasteiger partial charge in [-0.25, -0.2) is 5.84 Å². The molecule has 0 saturated heterocycles. The molecule has 108 valence electrons. The normalized spacial score (nSPS) is 12.4. The molecule has 0 fully saturated rings. The summed E-state index contributed by atoms with van der Waals surface area (Å²) in [5.41, 5.74) is 0. The SMILES string of the molecule is CCCCCCCCCCC(O)CN(N)C(C)=O. The Hall–Kier alpha value is -0.610. The van der Waals surface area contributed by atoms with Gasteiger partial charge in [0, 0.05) is 6.92 Å². The molecule has 4 heteroatoms. The van der Waals surface area contributed by atoms with Gasteiger partial charge in [0.1, 0.15) is 0 Å². The van der Waals surface area contributed by atoms with Crippen molar-refractivity contribution in [2.75, 3.05) is 6.54 Å². The molecule has 0 aromatic rings. The van der Waals surface area contributed by atoms with E-state index in [4.69, 9.17) is 5.84 Å². The van der Waals surface area contributed by atoms with Crippen LogP contribution in [0.4, 0.5) is 0 Å². The third kappa shape index (κ3) is 10.5. The van der Waals surface area contributed by atoms with Crippen LogP contribution < -0.4 is 5.84 Å². The molecule has 0 radical (unpaired) electrons. The number of unbranched alkanes of at least 4 members (excludes halogenated alkanes) is 7. The van der Waals surface area contributed by atoms with E-state index in [2.05, 4.69) is 6.92 Å². The molecule has 0 bridgehead atoms. The Balaban J connectivity index is 3.30. The third-order valence-electron chi connectivity index (χ3n) is 3.20. The van der Waals surface area contributed by atoms with Gasteiger partial charge in [0.25, 0.3) is 0 Å². The summed E-state index contributed by atoms with van der Waals surface area (Å²) in [6, 6.07) is 0. The quantitative estimate of drug-likeness (QED) is 0.259. The van der Waals surface area contributed by atoms with Crippen LogP contribution in [0.5, 0.6) is 0 Å². The molecular formula is C14H30N2O2. The Kier molecular flexibility index (Phi) is 11.1. The second-order valence-corrected chi connectivity index (χ2v) is 5.09. The molecule has 18 heavy (non-hydrogen) atoms. The van der Waals surface area contributed by atoms with Gasteiger partial charge in [-0.15, -0.1) is 0 Å². The van der Waals surface area contributed by atoms with E-state index in [-0.39, 0.29) is 12.5 Å². The minimum atomic E-state index is -0.487.